The zero-order valence-electron chi connectivity index (χ0n) is 10.4. The topological polar surface area (TPSA) is 15.3 Å². The maximum Gasteiger partial charge on any atom is 0.390 e. The van der Waals surface area contributed by atoms with Gasteiger partial charge in [0.1, 0.15) is 0 Å². The van der Waals surface area contributed by atoms with E-state index < -0.39 is 12.6 Å². The quantitative estimate of drug-likeness (QED) is 0.656. The summed E-state index contributed by atoms with van der Waals surface area (Å²) >= 11 is 0. The molecular weight excluding hydrogens is 217 g/mol. The Hall–Kier alpha value is -0.290. The van der Waals surface area contributed by atoms with Crippen molar-refractivity contribution < 1.29 is 13.2 Å². The van der Waals surface area contributed by atoms with Gasteiger partial charge in [0.25, 0.3) is 0 Å². The summed E-state index contributed by atoms with van der Waals surface area (Å²) in [6.45, 7) is 2.95. The molecule has 0 saturated carbocycles. The van der Waals surface area contributed by atoms with Gasteiger partial charge in [-0.1, -0.05) is 6.42 Å². The van der Waals surface area contributed by atoms with Crippen LogP contribution in [0.5, 0.6) is 0 Å². The summed E-state index contributed by atoms with van der Waals surface area (Å²) in [7, 11) is 3.66. The second kappa shape index (κ2) is 7.90. The highest BCUT2D eigenvalue weighted by molar-refractivity contribution is 4.60. The minimum Gasteiger partial charge on any atom is -0.317 e. The van der Waals surface area contributed by atoms with Gasteiger partial charge in [0.15, 0.2) is 0 Å². The Labute approximate surface area is 96.2 Å². The molecule has 0 aliphatic heterocycles. The molecule has 0 aromatic heterocycles. The van der Waals surface area contributed by atoms with Gasteiger partial charge in [-0.25, -0.2) is 0 Å². The van der Waals surface area contributed by atoms with Crippen LogP contribution in [0.4, 0.5) is 13.2 Å². The smallest absolute Gasteiger partial charge is 0.317 e. The Balaban J connectivity index is 3.40. The maximum absolute atomic E-state index is 11.9. The van der Waals surface area contributed by atoms with Crippen molar-refractivity contribution in [2.24, 2.45) is 0 Å². The molecule has 2 nitrogen and oxygen atoms in total. The number of hydrogen-bond donors (Lipinski definition) is 1. The van der Waals surface area contributed by atoms with Crippen LogP contribution in [0.2, 0.25) is 0 Å². The van der Waals surface area contributed by atoms with Gasteiger partial charge in [-0.3, -0.25) is 0 Å². The molecule has 1 atom stereocenters. The van der Waals surface area contributed by atoms with Crippen LogP contribution in [0.3, 0.4) is 0 Å². The van der Waals surface area contributed by atoms with Gasteiger partial charge in [0, 0.05) is 12.6 Å². The number of nitrogens with one attached hydrogen (secondary N) is 1. The number of halogens is 3. The van der Waals surface area contributed by atoms with Crippen LogP contribution in [-0.4, -0.2) is 44.3 Å². The maximum atomic E-state index is 11.9. The van der Waals surface area contributed by atoms with Gasteiger partial charge in [-0.05, 0) is 40.4 Å². The highest BCUT2D eigenvalue weighted by atomic mass is 19.4. The van der Waals surface area contributed by atoms with Crippen LogP contribution in [0, 0.1) is 0 Å². The van der Waals surface area contributed by atoms with Crippen molar-refractivity contribution in [3.8, 4) is 0 Å². The third-order valence-electron chi connectivity index (χ3n) is 2.70. The molecule has 1 N–H and O–H groups in total. The lowest BCUT2D eigenvalue weighted by atomic mass is 10.1. The summed E-state index contributed by atoms with van der Waals surface area (Å²) in [6.07, 6.45) is -1.66. The van der Waals surface area contributed by atoms with E-state index in [9.17, 15) is 13.2 Å². The van der Waals surface area contributed by atoms with Crippen molar-refractivity contribution >= 4 is 0 Å². The highest BCUT2D eigenvalue weighted by Crippen LogP contribution is 2.19. The van der Waals surface area contributed by atoms with E-state index in [4.69, 9.17) is 0 Å². The molecule has 0 amide bonds. The predicted octanol–water partition coefficient (Wildman–Crippen LogP) is 2.65. The number of rotatable bonds is 8. The molecule has 0 aromatic rings. The third kappa shape index (κ3) is 10.2. The van der Waals surface area contributed by atoms with Crippen LogP contribution in [0.25, 0.3) is 0 Å². The van der Waals surface area contributed by atoms with Crippen molar-refractivity contribution in [3.63, 3.8) is 0 Å². The molecule has 0 radical (unpaired) electrons. The van der Waals surface area contributed by atoms with Gasteiger partial charge >= 0.3 is 6.18 Å². The number of alkyl halides is 3. The van der Waals surface area contributed by atoms with E-state index in [0.717, 1.165) is 25.8 Å². The molecule has 0 aromatic carbocycles. The molecule has 98 valence electrons. The summed E-state index contributed by atoms with van der Waals surface area (Å²) in [5.74, 6) is 0. The Kier molecular flexibility index (Phi) is 7.76. The van der Waals surface area contributed by atoms with Crippen LogP contribution < -0.4 is 5.32 Å². The Morgan fingerprint density at radius 3 is 2.31 bits per heavy atom. The molecule has 0 spiro atoms. The number of nitrogens with zero attached hydrogens (tertiary/aromatic N) is 1. The zero-order chi connectivity index (χ0) is 12.6. The molecule has 0 aliphatic carbocycles. The van der Waals surface area contributed by atoms with Gasteiger partial charge in [-0.2, -0.15) is 13.2 Å². The second-order valence-electron chi connectivity index (χ2n) is 4.35. The third-order valence-corrected chi connectivity index (χ3v) is 2.70. The van der Waals surface area contributed by atoms with E-state index in [1.807, 2.05) is 7.05 Å². The lowest BCUT2D eigenvalue weighted by Gasteiger charge is -2.18. The SMILES string of the molecule is CNC(C)CCCCN(C)CCC(F)(F)F. The van der Waals surface area contributed by atoms with Crippen LogP contribution >= 0.6 is 0 Å². The van der Waals surface area contributed by atoms with E-state index in [1.165, 1.54) is 0 Å². The summed E-state index contributed by atoms with van der Waals surface area (Å²) in [5, 5.41) is 3.14. The molecule has 0 fully saturated rings. The molecule has 16 heavy (non-hydrogen) atoms. The van der Waals surface area contributed by atoms with E-state index in [1.54, 1.807) is 11.9 Å². The summed E-state index contributed by atoms with van der Waals surface area (Å²) in [6, 6.07) is 0.487. The highest BCUT2D eigenvalue weighted by Gasteiger charge is 2.26. The van der Waals surface area contributed by atoms with Crippen molar-refractivity contribution in [2.75, 3.05) is 27.2 Å². The Bertz CT molecular complexity index is 171. The van der Waals surface area contributed by atoms with E-state index >= 15 is 0 Å². The van der Waals surface area contributed by atoms with Gasteiger partial charge < -0.3 is 10.2 Å². The minimum absolute atomic E-state index is 0.102. The predicted molar refractivity (Wildman–Crippen MR) is 60.5 cm³/mol. The molecule has 1 unspecified atom stereocenters. The fraction of sp³-hybridized carbons (Fsp3) is 1.00. The van der Waals surface area contributed by atoms with Crippen molar-refractivity contribution in [2.45, 2.75) is 44.8 Å². The van der Waals surface area contributed by atoms with Gasteiger partial charge in [-0.15, -0.1) is 0 Å². The molecular formula is C11H23F3N2. The molecule has 0 saturated heterocycles. The van der Waals surface area contributed by atoms with Gasteiger partial charge in [0.05, 0.1) is 6.42 Å². The lowest BCUT2D eigenvalue weighted by Crippen LogP contribution is -2.26. The number of unbranched alkanes of at least 4 members (excludes halogenated alkanes) is 1. The van der Waals surface area contributed by atoms with Crippen molar-refractivity contribution in [3.05, 3.63) is 0 Å². The number of hydrogen-bond acceptors (Lipinski definition) is 2. The zero-order valence-corrected chi connectivity index (χ0v) is 10.4. The first kappa shape index (κ1) is 15.7. The average Bonchev–Trinajstić information content (AvgIpc) is 2.20. The summed E-state index contributed by atoms with van der Waals surface area (Å²) in [5.41, 5.74) is 0. The first-order valence-corrected chi connectivity index (χ1v) is 5.77. The van der Waals surface area contributed by atoms with Gasteiger partial charge in [0.2, 0.25) is 0 Å². The molecule has 0 bridgehead atoms. The monoisotopic (exact) mass is 240 g/mol. The van der Waals surface area contributed by atoms with E-state index in [-0.39, 0.29) is 6.54 Å². The Morgan fingerprint density at radius 2 is 1.81 bits per heavy atom. The average molecular weight is 240 g/mol. The first-order valence-electron chi connectivity index (χ1n) is 5.77. The minimum atomic E-state index is -4.03. The summed E-state index contributed by atoms with van der Waals surface area (Å²) < 4.78 is 35.8. The second-order valence-corrected chi connectivity index (χ2v) is 4.35. The molecule has 0 rings (SSSR count). The molecule has 0 heterocycles. The first-order chi connectivity index (χ1) is 7.35. The van der Waals surface area contributed by atoms with E-state index in [2.05, 4.69) is 12.2 Å². The largest absolute Gasteiger partial charge is 0.390 e. The normalized spacial score (nSPS) is 14.4. The fourth-order valence-corrected chi connectivity index (χ4v) is 1.41. The van der Waals surface area contributed by atoms with Crippen molar-refractivity contribution in [1.29, 1.82) is 0 Å². The van der Waals surface area contributed by atoms with Crippen molar-refractivity contribution in [1.82, 2.24) is 10.2 Å². The van der Waals surface area contributed by atoms with E-state index in [0.29, 0.717) is 6.04 Å². The summed E-state index contributed by atoms with van der Waals surface area (Å²) in [4.78, 5) is 1.75. The standard InChI is InChI=1S/C11H23F3N2/c1-10(15-2)6-4-5-8-16(3)9-7-11(12,13)14/h10,15H,4-9H2,1-3H3. The molecule has 5 heteroatoms. The van der Waals surface area contributed by atoms with Crippen LogP contribution in [0.1, 0.15) is 32.6 Å². The fourth-order valence-electron chi connectivity index (χ4n) is 1.41. The van der Waals surface area contributed by atoms with Crippen LogP contribution in [-0.2, 0) is 0 Å². The van der Waals surface area contributed by atoms with Crippen LogP contribution in [0.15, 0.2) is 0 Å². The lowest BCUT2D eigenvalue weighted by molar-refractivity contribution is -0.137. The Morgan fingerprint density at radius 1 is 1.19 bits per heavy atom. The molecule has 0 aliphatic rings.